The molecule has 18 heavy (non-hydrogen) atoms. The van der Waals surface area contributed by atoms with Crippen molar-refractivity contribution in [1.29, 1.82) is 0 Å². The van der Waals surface area contributed by atoms with Crippen LogP contribution < -0.4 is 5.32 Å². The molecular formula is C14H31N3O. The van der Waals surface area contributed by atoms with Crippen molar-refractivity contribution in [2.24, 2.45) is 0 Å². The highest BCUT2D eigenvalue weighted by atomic mass is 16.5. The summed E-state index contributed by atoms with van der Waals surface area (Å²) < 4.78 is 5.39. The molecule has 0 radical (unpaired) electrons. The zero-order valence-corrected chi connectivity index (χ0v) is 13.0. The molecule has 0 aromatic rings. The number of rotatable bonds is 6. The van der Waals surface area contributed by atoms with Crippen LogP contribution in [0.1, 0.15) is 27.7 Å². The van der Waals surface area contributed by atoms with Crippen LogP contribution in [0.2, 0.25) is 0 Å². The summed E-state index contributed by atoms with van der Waals surface area (Å²) >= 11 is 0. The van der Waals surface area contributed by atoms with Gasteiger partial charge in [0.2, 0.25) is 0 Å². The van der Waals surface area contributed by atoms with Crippen molar-refractivity contribution in [3.05, 3.63) is 0 Å². The van der Waals surface area contributed by atoms with Crippen LogP contribution in [0, 0.1) is 0 Å². The molecule has 0 aromatic carbocycles. The number of hydrogen-bond acceptors (Lipinski definition) is 4. The maximum absolute atomic E-state index is 5.39. The fourth-order valence-corrected chi connectivity index (χ4v) is 2.45. The molecule has 0 amide bonds. The van der Waals surface area contributed by atoms with Gasteiger partial charge in [-0.2, -0.15) is 0 Å². The number of ether oxygens (including phenoxy) is 1. The van der Waals surface area contributed by atoms with E-state index in [1.165, 1.54) is 0 Å². The average molecular weight is 257 g/mol. The second kappa shape index (κ2) is 6.85. The largest absolute Gasteiger partial charge is 0.383 e. The van der Waals surface area contributed by atoms with E-state index in [1.807, 2.05) is 0 Å². The summed E-state index contributed by atoms with van der Waals surface area (Å²) in [5.74, 6) is 0. The summed E-state index contributed by atoms with van der Waals surface area (Å²) in [5, 5.41) is 3.53. The molecule has 1 heterocycles. The number of methoxy groups -OCH3 is 1. The fourth-order valence-electron chi connectivity index (χ4n) is 2.45. The average Bonchev–Trinajstić information content (AvgIpc) is 2.27. The van der Waals surface area contributed by atoms with Crippen LogP contribution in [0.25, 0.3) is 0 Å². The molecule has 0 spiro atoms. The van der Waals surface area contributed by atoms with E-state index in [-0.39, 0.29) is 5.54 Å². The van der Waals surface area contributed by atoms with E-state index in [0.717, 1.165) is 32.8 Å². The lowest BCUT2D eigenvalue weighted by Gasteiger charge is -2.48. The van der Waals surface area contributed by atoms with Gasteiger partial charge in [-0.3, -0.25) is 9.80 Å². The first kappa shape index (κ1) is 15.9. The molecule has 1 rings (SSSR count). The highest BCUT2D eigenvalue weighted by Crippen LogP contribution is 2.20. The lowest BCUT2D eigenvalue weighted by molar-refractivity contribution is -0.00442. The quantitative estimate of drug-likeness (QED) is 0.769. The first-order valence-corrected chi connectivity index (χ1v) is 7.04. The zero-order chi connectivity index (χ0) is 13.8. The van der Waals surface area contributed by atoms with Gasteiger partial charge in [-0.1, -0.05) is 13.8 Å². The van der Waals surface area contributed by atoms with E-state index < -0.39 is 0 Å². The van der Waals surface area contributed by atoms with Crippen molar-refractivity contribution < 1.29 is 4.74 Å². The topological polar surface area (TPSA) is 27.7 Å². The molecule has 1 unspecified atom stereocenters. The van der Waals surface area contributed by atoms with Crippen LogP contribution in [0.5, 0.6) is 0 Å². The Bertz CT molecular complexity index is 243. The molecule has 0 bridgehead atoms. The van der Waals surface area contributed by atoms with Crippen molar-refractivity contribution in [2.45, 2.75) is 45.3 Å². The normalized spacial score (nSPS) is 23.5. The van der Waals surface area contributed by atoms with Gasteiger partial charge in [0, 0.05) is 50.9 Å². The Morgan fingerprint density at radius 1 is 1.28 bits per heavy atom. The first-order chi connectivity index (χ1) is 8.36. The maximum atomic E-state index is 5.39. The van der Waals surface area contributed by atoms with Crippen LogP contribution in [-0.4, -0.2) is 74.4 Å². The molecule has 1 aliphatic heterocycles. The number of likely N-dealkylation sites (N-methyl/N-ethyl adjacent to an activating group) is 1. The molecule has 108 valence electrons. The third-order valence-electron chi connectivity index (χ3n) is 3.98. The summed E-state index contributed by atoms with van der Waals surface area (Å²) in [6, 6.07) is 1.01. The minimum Gasteiger partial charge on any atom is -0.383 e. The fraction of sp³-hybridized carbons (Fsp3) is 1.00. The standard InChI is InChI=1S/C14H31N3O/c1-12(2)15-9-13(10-18-6)17-8-7-16(5)14(3,4)11-17/h12-13,15H,7-11H2,1-6H3. The highest BCUT2D eigenvalue weighted by molar-refractivity contribution is 4.91. The zero-order valence-electron chi connectivity index (χ0n) is 13.0. The Morgan fingerprint density at radius 2 is 1.94 bits per heavy atom. The predicted molar refractivity (Wildman–Crippen MR) is 77.1 cm³/mol. The van der Waals surface area contributed by atoms with E-state index in [1.54, 1.807) is 7.11 Å². The minimum absolute atomic E-state index is 0.252. The van der Waals surface area contributed by atoms with Crippen LogP contribution >= 0.6 is 0 Å². The van der Waals surface area contributed by atoms with Crippen LogP contribution in [0.3, 0.4) is 0 Å². The Morgan fingerprint density at radius 3 is 2.44 bits per heavy atom. The van der Waals surface area contributed by atoms with Gasteiger partial charge in [0.15, 0.2) is 0 Å². The van der Waals surface area contributed by atoms with E-state index in [9.17, 15) is 0 Å². The van der Waals surface area contributed by atoms with Crippen molar-refractivity contribution in [3.8, 4) is 0 Å². The van der Waals surface area contributed by atoms with Gasteiger partial charge in [0.1, 0.15) is 0 Å². The second-order valence-electron chi connectivity index (χ2n) is 6.38. The van der Waals surface area contributed by atoms with Crippen molar-refractivity contribution in [1.82, 2.24) is 15.1 Å². The van der Waals surface area contributed by atoms with Gasteiger partial charge in [0.25, 0.3) is 0 Å². The molecular weight excluding hydrogens is 226 g/mol. The first-order valence-electron chi connectivity index (χ1n) is 7.04. The third kappa shape index (κ3) is 4.50. The molecule has 1 N–H and O–H groups in total. The van der Waals surface area contributed by atoms with E-state index >= 15 is 0 Å². The Balaban J connectivity index is 2.57. The van der Waals surface area contributed by atoms with Gasteiger partial charge < -0.3 is 10.1 Å². The summed E-state index contributed by atoms with van der Waals surface area (Å²) in [7, 11) is 4.01. The summed E-state index contributed by atoms with van der Waals surface area (Å²) in [5.41, 5.74) is 0.252. The van der Waals surface area contributed by atoms with Crippen molar-refractivity contribution in [2.75, 3.05) is 46.9 Å². The molecule has 0 aromatic heterocycles. The number of nitrogens with zero attached hydrogens (tertiary/aromatic N) is 2. The van der Waals surface area contributed by atoms with Crippen LogP contribution in [0.4, 0.5) is 0 Å². The number of nitrogens with one attached hydrogen (secondary N) is 1. The lowest BCUT2D eigenvalue weighted by atomic mass is 9.98. The van der Waals surface area contributed by atoms with Gasteiger partial charge in [-0.15, -0.1) is 0 Å². The summed E-state index contributed by atoms with van der Waals surface area (Å²) in [6.07, 6.45) is 0. The van der Waals surface area contributed by atoms with Crippen LogP contribution in [-0.2, 0) is 4.74 Å². The molecule has 1 atom stereocenters. The molecule has 0 aliphatic carbocycles. The number of hydrogen-bond donors (Lipinski definition) is 1. The number of piperazine rings is 1. The minimum atomic E-state index is 0.252. The van der Waals surface area contributed by atoms with Crippen LogP contribution in [0.15, 0.2) is 0 Å². The van der Waals surface area contributed by atoms with Gasteiger partial charge >= 0.3 is 0 Å². The molecule has 1 saturated heterocycles. The maximum Gasteiger partial charge on any atom is 0.0630 e. The Kier molecular flexibility index (Phi) is 6.05. The van der Waals surface area contributed by atoms with Crippen molar-refractivity contribution >= 4 is 0 Å². The van der Waals surface area contributed by atoms with Gasteiger partial charge in [-0.05, 0) is 20.9 Å². The van der Waals surface area contributed by atoms with Crippen molar-refractivity contribution in [3.63, 3.8) is 0 Å². The van der Waals surface area contributed by atoms with Gasteiger partial charge in [0.05, 0.1) is 6.61 Å². The Hall–Kier alpha value is -0.160. The highest BCUT2D eigenvalue weighted by Gasteiger charge is 2.33. The van der Waals surface area contributed by atoms with E-state index in [2.05, 4.69) is 49.9 Å². The van der Waals surface area contributed by atoms with E-state index in [0.29, 0.717) is 12.1 Å². The Labute approximate surface area is 113 Å². The smallest absolute Gasteiger partial charge is 0.0630 e. The molecule has 4 heteroatoms. The SMILES string of the molecule is COCC(CNC(C)C)N1CCN(C)C(C)(C)C1. The van der Waals surface area contributed by atoms with Gasteiger partial charge in [-0.25, -0.2) is 0 Å². The van der Waals surface area contributed by atoms with E-state index in [4.69, 9.17) is 4.74 Å². The molecule has 1 fully saturated rings. The summed E-state index contributed by atoms with van der Waals surface area (Å²) in [6.45, 7) is 14.2. The third-order valence-corrected chi connectivity index (χ3v) is 3.98. The monoisotopic (exact) mass is 257 g/mol. The summed E-state index contributed by atoms with van der Waals surface area (Å²) in [4.78, 5) is 5.02. The molecule has 4 nitrogen and oxygen atoms in total. The molecule has 0 saturated carbocycles. The molecule has 1 aliphatic rings. The predicted octanol–water partition coefficient (Wildman–Crippen LogP) is 1.03. The second-order valence-corrected chi connectivity index (χ2v) is 6.38. The lowest BCUT2D eigenvalue weighted by Crippen LogP contribution is -2.62.